The van der Waals surface area contributed by atoms with Crippen molar-refractivity contribution in [2.75, 3.05) is 6.54 Å². The van der Waals surface area contributed by atoms with Crippen LogP contribution < -0.4 is 5.73 Å². The lowest BCUT2D eigenvalue weighted by Crippen LogP contribution is -2.36. The van der Waals surface area contributed by atoms with Gasteiger partial charge >= 0.3 is 0 Å². The summed E-state index contributed by atoms with van der Waals surface area (Å²) in [7, 11) is 0. The van der Waals surface area contributed by atoms with E-state index in [4.69, 9.17) is 5.73 Å². The van der Waals surface area contributed by atoms with Crippen molar-refractivity contribution >= 4 is 0 Å². The molecule has 0 heterocycles. The van der Waals surface area contributed by atoms with Crippen molar-refractivity contribution in [3.63, 3.8) is 0 Å². The highest BCUT2D eigenvalue weighted by molar-refractivity contribution is 5.23. The molecule has 0 aliphatic heterocycles. The zero-order chi connectivity index (χ0) is 12.3. The van der Waals surface area contributed by atoms with E-state index in [9.17, 15) is 0 Å². The normalized spacial score (nSPS) is 29.2. The average molecular weight is 231 g/mol. The molecule has 0 unspecified atom stereocenters. The van der Waals surface area contributed by atoms with Gasteiger partial charge in [0.05, 0.1) is 0 Å². The molecule has 1 aromatic rings. The molecule has 0 bridgehead atoms. The summed E-state index contributed by atoms with van der Waals surface area (Å²) in [5, 5.41) is 0. The maximum atomic E-state index is 6.07. The SMILES string of the molecule is Cc1cccc(CC2(CN)CCC(C)CC2)c1. The van der Waals surface area contributed by atoms with Crippen molar-refractivity contribution in [3.05, 3.63) is 35.4 Å². The predicted octanol–water partition coefficient (Wildman–Crippen LogP) is 3.69. The maximum Gasteiger partial charge on any atom is -0.00173 e. The molecule has 1 fully saturated rings. The highest BCUT2D eigenvalue weighted by Crippen LogP contribution is 2.40. The first-order valence-corrected chi connectivity index (χ1v) is 6.89. The molecule has 0 amide bonds. The van der Waals surface area contributed by atoms with E-state index in [0.29, 0.717) is 5.41 Å². The van der Waals surface area contributed by atoms with E-state index in [1.807, 2.05) is 0 Å². The Hall–Kier alpha value is -0.820. The maximum absolute atomic E-state index is 6.07. The third-order valence-corrected chi connectivity index (χ3v) is 4.43. The summed E-state index contributed by atoms with van der Waals surface area (Å²) in [6.07, 6.45) is 6.47. The molecule has 1 heteroatoms. The Morgan fingerprint density at radius 3 is 2.59 bits per heavy atom. The van der Waals surface area contributed by atoms with Gasteiger partial charge in [-0.3, -0.25) is 0 Å². The van der Waals surface area contributed by atoms with Crippen molar-refractivity contribution in [1.29, 1.82) is 0 Å². The molecular formula is C16H25N. The Balaban J connectivity index is 2.09. The van der Waals surface area contributed by atoms with Crippen LogP contribution in [0.3, 0.4) is 0 Å². The molecule has 1 nitrogen and oxygen atoms in total. The summed E-state index contributed by atoms with van der Waals surface area (Å²) in [5.74, 6) is 0.896. The molecule has 0 spiro atoms. The Morgan fingerprint density at radius 1 is 1.29 bits per heavy atom. The standard InChI is InChI=1S/C16H25N/c1-13-6-8-16(12-17,9-7-13)11-15-5-3-4-14(2)10-15/h3-5,10,13H,6-9,11-12,17H2,1-2H3. The van der Waals surface area contributed by atoms with Crippen LogP contribution in [0, 0.1) is 18.3 Å². The van der Waals surface area contributed by atoms with E-state index in [-0.39, 0.29) is 0 Å². The smallest absolute Gasteiger partial charge is 0.00173 e. The fourth-order valence-corrected chi connectivity index (χ4v) is 3.08. The molecule has 2 N–H and O–H groups in total. The van der Waals surface area contributed by atoms with E-state index < -0.39 is 0 Å². The van der Waals surface area contributed by atoms with Crippen LogP contribution in [0.5, 0.6) is 0 Å². The van der Waals surface area contributed by atoms with Crippen LogP contribution in [0.2, 0.25) is 0 Å². The molecule has 0 aromatic heterocycles. The van der Waals surface area contributed by atoms with Crippen LogP contribution in [0.15, 0.2) is 24.3 Å². The lowest BCUT2D eigenvalue weighted by atomic mass is 9.68. The van der Waals surface area contributed by atoms with Gasteiger partial charge in [0.2, 0.25) is 0 Å². The Labute approximate surface area is 105 Å². The second-order valence-corrected chi connectivity index (χ2v) is 6.05. The number of aryl methyl sites for hydroxylation is 1. The minimum Gasteiger partial charge on any atom is -0.330 e. The molecule has 1 aliphatic rings. The first-order valence-electron chi connectivity index (χ1n) is 6.89. The van der Waals surface area contributed by atoms with Crippen LogP contribution in [-0.2, 0) is 6.42 Å². The quantitative estimate of drug-likeness (QED) is 0.843. The molecule has 1 aromatic carbocycles. The van der Waals surface area contributed by atoms with E-state index >= 15 is 0 Å². The van der Waals surface area contributed by atoms with Gasteiger partial charge in [0, 0.05) is 0 Å². The minimum absolute atomic E-state index is 0.375. The Kier molecular flexibility index (Phi) is 3.88. The van der Waals surface area contributed by atoms with E-state index in [0.717, 1.165) is 18.9 Å². The third-order valence-electron chi connectivity index (χ3n) is 4.43. The van der Waals surface area contributed by atoms with Crippen molar-refractivity contribution in [3.8, 4) is 0 Å². The first kappa shape index (κ1) is 12.6. The van der Waals surface area contributed by atoms with Gasteiger partial charge in [0.1, 0.15) is 0 Å². The van der Waals surface area contributed by atoms with Crippen molar-refractivity contribution < 1.29 is 0 Å². The van der Waals surface area contributed by atoms with Crippen LogP contribution in [0.4, 0.5) is 0 Å². The number of rotatable bonds is 3. The molecule has 1 saturated carbocycles. The van der Waals surface area contributed by atoms with E-state index in [1.165, 1.54) is 36.8 Å². The molecular weight excluding hydrogens is 206 g/mol. The van der Waals surface area contributed by atoms with Crippen molar-refractivity contribution in [2.24, 2.45) is 17.1 Å². The molecule has 0 atom stereocenters. The molecule has 2 rings (SSSR count). The van der Waals surface area contributed by atoms with Crippen LogP contribution in [0.1, 0.15) is 43.7 Å². The fraction of sp³-hybridized carbons (Fsp3) is 0.625. The topological polar surface area (TPSA) is 26.0 Å². The highest BCUT2D eigenvalue weighted by Gasteiger charge is 2.32. The van der Waals surface area contributed by atoms with Gasteiger partial charge < -0.3 is 5.73 Å². The summed E-state index contributed by atoms with van der Waals surface area (Å²) in [4.78, 5) is 0. The van der Waals surface area contributed by atoms with Crippen molar-refractivity contribution in [1.82, 2.24) is 0 Å². The second kappa shape index (κ2) is 5.22. The lowest BCUT2D eigenvalue weighted by molar-refractivity contribution is 0.163. The largest absolute Gasteiger partial charge is 0.330 e. The fourth-order valence-electron chi connectivity index (χ4n) is 3.08. The van der Waals surface area contributed by atoms with Crippen LogP contribution in [0.25, 0.3) is 0 Å². The Morgan fingerprint density at radius 2 is 2.00 bits per heavy atom. The number of hydrogen-bond donors (Lipinski definition) is 1. The molecule has 17 heavy (non-hydrogen) atoms. The molecule has 1 aliphatic carbocycles. The second-order valence-electron chi connectivity index (χ2n) is 6.05. The van der Waals surface area contributed by atoms with Gasteiger partial charge in [-0.15, -0.1) is 0 Å². The van der Waals surface area contributed by atoms with Crippen molar-refractivity contribution in [2.45, 2.75) is 46.0 Å². The Bertz CT molecular complexity index is 362. The zero-order valence-corrected chi connectivity index (χ0v) is 11.2. The number of nitrogens with two attached hydrogens (primary N) is 1. The van der Waals surface area contributed by atoms with Gasteiger partial charge in [0.15, 0.2) is 0 Å². The van der Waals surface area contributed by atoms with Crippen LogP contribution >= 0.6 is 0 Å². The predicted molar refractivity (Wildman–Crippen MR) is 74.0 cm³/mol. The van der Waals surface area contributed by atoms with Gasteiger partial charge in [-0.1, -0.05) is 49.6 Å². The van der Waals surface area contributed by atoms with Gasteiger partial charge in [0.25, 0.3) is 0 Å². The summed E-state index contributed by atoms with van der Waals surface area (Å²) in [5.41, 5.74) is 9.27. The molecule has 94 valence electrons. The third kappa shape index (κ3) is 3.10. The van der Waals surface area contributed by atoms with E-state index in [2.05, 4.69) is 38.1 Å². The highest BCUT2D eigenvalue weighted by atomic mass is 14.6. The summed E-state index contributed by atoms with van der Waals surface area (Å²) < 4.78 is 0. The van der Waals surface area contributed by atoms with Gasteiger partial charge in [-0.05, 0) is 49.6 Å². The molecule has 0 radical (unpaired) electrons. The average Bonchev–Trinajstić information content (AvgIpc) is 2.33. The number of benzene rings is 1. The van der Waals surface area contributed by atoms with Gasteiger partial charge in [-0.2, -0.15) is 0 Å². The minimum atomic E-state index is 0.375. The summed E-state index contributed by atoms with van der Waals surface area (Å²) in [6.45, 7) is 5.38. The molecule has 0 saturated heterocycles. The lowest BCUT2D eigenvalue weighted by Gasteiger charge is -2.39. The monoisotopic (exact) mass is 231 g/mol. The zero-order valence-electron chi connectivity index (χ0n) is 11.2. The van der Waals surface area contributed by atoms with Gasteiger partial charge in [-0.25, -0.2) is 0 Å². The summed E-state index contributed by atoms with van der Waals surface area (Å²) in [6, 6.07) is 8.90. The van der Waals surface area contributed by atoms with Crippen LogP contribution in [-0.4, -0.2) is 6.54 Å². The first-order chi connectivity index (χ1) is 8.13. The number of hydrogen-bond acceptors (Lipinski definition) is 1. The summed E-state index contributed by atoms with van der Waals surface area (Å²) >= 11 is 0. The van der Waals surface area contributed by atoms with E-state index in [1.54, 1.807) is 0 Å².